The molecule has 220 valence electrons. The molecule has 0 amide bonds. The van der Waals surface area contributed by atoms with Crippen molar-refractivity contribution in [2.75, 3.05) is 46.9 Å². The van der Waals surface area contributed by atoms with Gasteiger partial charge in [-0.05, 0) is 85.0 Å². The van der Waals surface area contributed by atoms with Gasteiger partial charge in [-0.25, -0.2) is 0 Å². The van der Waals surface area contributed by atoms with E-state index in [1.165, 1.54) is 0 Å². The second kappa shape index (κ2) is 19.9. The lowest BCUT2D eigenvalue weighted by Gasteiger charge is -2.28. The third-order valence-electron chi connectivity index (χ3n) is 6.96. The number of cyclic esters (lactones) is 1. The molecule has 0 radical (unpaired) electrons. The molecule has 2 fully saturated rings. The van der Waals surface area contributed by atoms with Gasteiger partial charge in [-0.15, -0.1) is 0 Å². The van der Waals surface area contributed by atoms with E-state index in [2.05, 4.69) is 30.7 Å². The summed E-state index contributed by atoms with van der Waals surface area (Å²) in [5.74, 6) is -0.747. The van der Waals surface area contributed by atoms with Gasteiger partial charge in [0.2, 0.25) is 0 Å². The molecule has 0 aromatic heterocycles. The molecular weight excluding hydrogens is 472 g/mol. The largest absolute Gasteiger partial charge is 0.464 e. The molecule has 7 atom stereocenters. The lowest BCUT2D eigenvalue weighted by molar-refractivity contribution is -0.169. The number of Topliss-reactive ketones (excluding diaryl/α,β-unsaturated/α-hetero) is 1. The molecule has 2 aliphatic heterocycles. The van der Waals surface area contributed by atoms with Gasteiger partial charge in [-0.1, -0.05) is 34.6 Å². The Balaban J connectivity index is 0.000000977. The van der Waals surface area contributed by atoms with Gasteiger partial charge >= 0.3 is 5.97 Å². The van der Waals surface area contributed by atoms with Crippen LogP contribution in [0.1, 0.15) is 87.0 Å². The van der Waals surface area contributed by atoms with Gasteiger partial charge in [-0.2, -0.15) is 0 Å². The van der Waals surface area contributed by atoms with Crippen LogP contribution in [0.3, 0.4) is 0 Å². The topological polar surface area (TPSA) is 99.5 Å². The molecule has 8 heteroatoms. The predicted octanol–water partition coefficient (Wildman–Crippen LogP) is 3.97. The van der Waals surface area contributed by atoms with Gasteiger partial charge in [0.1, 0.15) is 18.3 Å². The Morgan fingerprint density at radius 3 is 1.95 bits per heavy atom. The van der Waals surface area contributed by atoms with Crippen LogP contribution in [-0.2, 0) is 19.1 Å². The Labute approximate surface area is 227 Å². The normalized spacial score (nSPS) is 34.5. The monoisotopic (exact) mass is 530 g/mol. The number of aliphatic hydroxyl groups excluding tert-OH is 2. The van der Waals surface area contributed by atoms with Gasteiger partial charge in [0.05, 0.1) is 12.2 Å². The summed E-state index contributed by atoms with van der Waals surface area (Å²) in [6.07, 6.45) is 4.37. The van der Waals surface area contributed by atoms with Crippen molar-refractivity contribution in [3.63, 3.8) is 0 Å². The number of rotatable bonds is 0. The molecule has 37 heavy (non-hydrogen) atoms. The van der Waals surface area contributed by atoms with Crippen molar-refractivity contribution >= 4 is 11.8 Å². The number of carbonyl (C=O) groups is 2. The van der Waals surface area contributed by atoms with Crippen LogP contribution in [0, 0.1) is 23.7 Å². The fourth-order valence-electron chi connectivity index (χ4n) is 5.01. The van der Waals surface area contributed by atoms with Gasteiger partial charge in [-0.3, -0.25) is 9.59 Å². The van der Waals surface area contributed by atoms with Crippen molar-refractivity contribution in [1.82, 2.24) is 9.80 Å². The summed E-state index contributed by atoms with van der Waals surface area (Å²) in [7, 11) is 4.15. The van der Waals surface area contributed by atoms with Gasteiger partial charge in [0.15, 0.2) is 6.29 Å². The van der Waals surface area contributed by atoms with Crippen molar-refractivity contribution in [1.29, 1.82) is 0 Å². The van der Waals surface area contributed by atoms with Crippen LogP contribution in [0.5, 0.6) is 0 Å². The van der Waals surface area contributed by atoms with E-state index in [1.54, 1.807) is 13.8 Å². The van der Waals surface area contributed by atoms with Crippen LogP contribution in [0.25, 0.3) is 0 Å². The number of hydrogen-bond acceptors (Lipinski definition) is 8. The van der Waals surface area contributed by atoms with E-state index in [4.69, 9.17) is 14.6 Å². The van der Waals surface area contributed by atoms with Gasteiger partial charge in [0, 0.05) is 25.4 Å². The Morgan fingerprint density at radius 2 is 1.38 bits per heavy atom. The smallest absolute Gasteiger partial charge is 0.316 e. The minimum atomic E-state index is -0.773. The van der Waals surface area contributed by atoms with Crippen LogP contribution in [0.2, 0.25) is 0 Å². The highest BCUT2D eigenvalue weighted by atomic mass is 16.6. The maximum atomic E-state index is 12.5. The highest BCUT2D eigenvalue weighted by Crippen LogP contribution is 2.22. The highest BCUT2D eigenvalue weighted by Gasteiger charge is 2.29. The fraction of sp³-hybridized carbons (Fsp3) is 0.931. The zero-order valence-electron chi connectivity index (χ0n) is 25.2. The number of carbonyl (C=O) groups excluding carboxylic acids is 2. The Hall–Kier alpha value is -1.06. The van der Waals surface area contributed by atoms with Crippen LogP contribution in [0.15, 0.2) is 0 Å². The summed E-state index contributed by atoms with van der Waals surface area (Å²) in [6, 6.07) is 0. The molecule has 2 rings (SSSR count). The molecule has 0 saturated carbocycles. The highest BCUT2D eigenvalue weighted by molar-refractivity contribution is 5.99. The Bertz CT molecular complexity index is 594. The maximum absolute atomic E-state index is 12.5. The maximum Gasteiger partial charge on any atom is 0.316 e. The van der Waals surface area contributed by atoms with Crippen LogP contribution < -0.4 is 0 Å². The predicted molar refractivity (Wildman–Crippen MR) is 149 cm³/mol. The first-order chi connectivity index (χ1) is 17.4. The van der Waals surface area contributed by atoms with Crippen molar-refractivity contribution in [2.24, 2.45) is 23.7 Å². The molecule has 0 aliphatic carbocycles. The third-order valence-corrected chi connectivity index (χ3v) is 6.96. The third kappa shape index (κ3) is 16.5. The molecule has 2 aliphatic rings. The standard InChI is InChI=1S/C20H38N2O4.C7H14O2.C2H6/c1-15-12-18(23)13-16(2)19(24)17(3)20(25)26-11-10-21(4)8-6-7-9-22(5)14-15;1-5-3-6(2)9-7(8)4-5;1-2/h15-18,23H,6-14H2,1-5H3;5-8H,3-4H2,1-2H3;1-2H3/t15-,16-,17?,18-;5-,6+,7+;/m10./s1. The quantitative estimate of drug-likeness (QED) is 0.359. The molecule has 1 unspecified atom stereocenters. The summed E-state index contributed by atoms with van der Waals surface area (Å²) >= 11 is 0. The van der Waals surface area contributed by atoms with E-state index < -0.39 is 24.3 Å². The average molecular weight is 531 g/mol. The van der Waals surface area contributed by atoms with Crippen molar-refractivity contribution in [3.8, 4) is 0 Å². The number of nitrogens with zero attached hydrogens (tertiary/aromatic N) is 2. The first-order valence-corrected chi connectivity index (χ1v) is 14.5. The van der Waals surface area contributed by atoms with Gasteiger partial charge < -0.3 is 29.5 Å². The van der Waals surface area contributed by atoms with E-state index in [9.17, 15) is 14.7 Å². The Kier molecular flexibility index (Phi) is 19.4. The van der Waals surface area contributed by atoms with E-state index >= 15 is 0 Å². The molecule has 0 bridgehead atoms. The fourth-order valence-corrected chi connectivity index (χ4v) is 5.01. The molecule has 2 N–H and O–H groups in total. The number of likely N-dealkylation sites (N-methyl/N-ethyl adjacent to an activating group) is 1. The molecule has 0 spiro atoms. The minimum absolute atomic E-state index is 0.145. The van der Waals surface area contributed by atoms with Crippen molar-refractivity contribution in [3.05, 3.63) is 0 Å². The van der Waals surface area contributed by atoms with E-state index in [0.29, 0.717) is 37.8 Å². The zero-order chi connectivity index (χ0) is 28.5. The molecule has 0 aromatic rings. The number of aliphatic hydroxyl groups is 2. The SMILES string of the molecule is CC.CC1C(=O)OCCN(C)CCCCN(C)C[C@H](C)C[C@@H](O)C[C@@H](C)C1=O.C[C@H]1C[C@@H](C)O[C@@H](O)C1. The lowest BCUT2D eigenvalue weighted by atomic mass is 9.88. The summed E-state index contributed by atoms with van der Waals surface area (Å²) in [5.41, 5.74) is 0. The van der Waals surface area contributed by atoms with Crippen LogP contribution >= 0.6 is 0 Å². The summed E-state index contributed by atoms with van der Waals surface area (Å²) < 4.78 is 10.4. The van der Waals surface area contributed by atoms with Crippen molar-refractivity contribution in [2.45, 2.75) is 105 Å². The zero-order valence-corrected chi connectivity index (χ0v) is 25.2. The van der Waals surface area contributed by atoms with E-state index in [0.717, 1.165) is 45.3 Å². The number of esters is 1. The van der Waals surface area contributed by atoms with Crippen LogP contribution in [-0.4, -0.2) is 97.1 Å². The average Bonchev–Trinajstić information content (AvgIpc) is 2.80. The van der Waals surface area contributed by atoms with E-state index in [-0.39, 0.29) is 17.8 Å². The minimum Gasteiger partial charge on any atom is -0.464 e. The van der Waals surface area contributed by atoms with Crippen molar-refractivity contribution < 1.29 is 29.3 Å². The lowest BCUT2D eigenvalue weighted by Crippen LogP contribution is -2.33. The van der Waals surface area contributed by atoms with Crippen LogP contribution in [0.4, 0.5) is 0 Å². The summed E-state index contributed by atoms with van der Waals surface area (Å²) in [5, 5.41) is 19.4. The number of hydrogen-bond donors (Lipinski definition) is 2. The molecule has 8 nitrogen and oxygen atoms in total. The second-order valence-electron chi connectivity index (χ2n) is 11.2. The molecular formula is C29H58N2O6. The van der Waals surface area contributed by atoms with Gasteiger partial charge in [0.25, 0.3) is 0 Å². The first-order valence-electron chi connectivity index (χ1n) is 14.5. The van der Waals surface area contributed by atoms with E-state index in [1.807, 2.05) is 27.8 Å². The first kappa shape index (κ1) is 35.9. The number of ketones is 1. The molecule has 0 aromatic carbocycles. The summed E-state index contributed by atoms with van der Waals surface area (Å²) in [6.45, 7) is 17.6. The number of ether oxygens (including phenoxy) is 2. The summed E-state index contributed by atoms with van der Waals surface area (Å²) in [4.78, 5) is 29.0. The molecule has 2 saturated heterocycles. The second-order valence-corrected chi connectivity index (χ2v) is 11.2. The molecule has 2 heterocycles. The Morgan fingerprint density at radius 1 is 0.784 bits per heavy atom.